The molecule has 0 spiro atoms. The van der Waals surface area contributed by atoms with Crippen molar-refractivity contribution in [2.45, 2.75) is 69.7 Å². The normalized spacial score (nSPS) is 34.0. The van der Waals surface area contributed by atoms with E-state index in [1.807, 2.05) is 0 Å². The van der Waals surface area contributed by atoms with E-state index in [1.165, 1.54) is 0 Å². The van der Waals surface area contributed by atoms with Crippen molar-refractivity contribution in [1.82, 2.24) is 0 Å². The van der Waals surface area contributed by atoms with Crippen LogP contribution in [-0.4, -0.2) is 24.7 Å². The summed E-state index contributed by atoms with van der Waals surface area (Å²) in [5.41, 5.74) is -14.0. The van der Waals surface area contributed by atoms with Crippen LogP contribution in [0.4, 0.5) is 87.8 Å². The smallest absolute Gasteiger partial charge is 0.209 e. The topological polar surface area (TPSA) is 0 Å². The van der Waals surface area contributed by atoms with Gasteiger partial charge in [0.25, 0.3) is 0 Å². The third-order valence-corrected chi connectivity index (χ3v) is 7.91. The van der Waals surface area contributed by atoms with Gasteiger partial charge in [-0.2, -0.15) is 70.2 Å². The molecule has 20 heteroatoms. The first kappa shape index (κ1) is 35.0. The number of alkyl halides is 12. The first-order chi connectivity index (χ1) is 19.0. The number of rotatable bonds is 5. The van der Waals surface area contributed by atoms with E-state index in [1.54, 1.807) is 0 Å². The lowest BCUT2D eigenvalue weighted by Gasteiger charge is -2.69. The van der Waals surface area contributed by atoms with Gasteiger partial charge < -0.3 is 0 Å². The summed E-state index contributed by atoms with van der Waals surface area (Å²) in [6, 6.07) is 0. The van der Waals surface area contributed by atoms with Crippen molar-refractivity contribution in [1.29, 1.82) is 0 Å². The maximum atomic E-state index is 15.3. The van der Waals surface area contributed by atoms with Gasteiger partial charge >= 0.3 is 24.7 Å². The van der Waals surface area contributed by atoms with Crippen LogP contribution < -0.4 is 0 Å². The van der Waals surface area contributed by atoms with Crippen LogP contribution in [0.3, 0.4) is 0 Å². The molecule has 0 nitrogen and oxygen atoms in total. The summed E-state index contributed by atoms with van der Waals surface area (Å²) in [5.74, 6) is -27.2. The van der Waals surface area contributed by atoms with Crippen LogP contribution in [0.1, 0.15) is 44.9 Å². The monoisotopic (exact) mass is 670 g/mol. The molecule has 0 N–H and O–H groups in total. The molecule has 0 radical (unpaired) electrons. The largest absolute Gasteiger partial charge is 0.445 e. The SMILES string of the molecule is F/C(CC12CC3(/C(F)=C(\F)C(F)(F)F)CC(/C(F)=C(\F)C(F)(F)F)(C1)CC(/C(F)=C(\F)C(F)(F)F)(C2)C3)=C(/F)C(F)(F)F. The van der Waals surface area contributed by atoms with Crippen molar-refractivity contribution in [3.05, 3.63) is 46.6 Å². The minimum Gasteiger partial charge on any atom is -0.209 e. The van der Waals surface area contributed by atoms with E-state index in [0.717, 1.165) is 0 Å². The summed E-state index contributed by atoms with van der Waals surface area (Å²) in [4.78, 5) is 0. The molecule has 43 heavy (non-hydrogen) atoms. The molecular formula is C23H14F20. The molecule has 4 saturated carbocycles. The molecule has 0 atom stereocenters. The summed E-state index contributed by atoms with van der Waals surface area (Å²) in [7, 11) is 0. The van der Waals surface area contributed by atoms with Crippen LogP contribution in [0.5, 0.6) is 0 Å². The van der Waals surface area contributed by atoms with Gasteiger partial charge in [-0.3, -0.25) is 0 Å². The fraction of sp³-hybridized carbons (Fsp3) is 0.652. The number of hydrogen-bond acceptors (Lipinski definition) is 0. The van der Waals surface area contributed by atoms with E-state index in [4.69, 9.17) is 0 Å². The molecule has 4 bridgehead atoms. The Bertz CT molecular complexity index is 1150. The van der Waals surface area contributed by atoms with Crippen molar-refractivity contribution in [2.24, 2.45) is 21.7 Å². The second-order valence-electron chi connectivity index (χ2n) is 11.2. The van der Waals surface area contributed by atoms with Gasteiger partial charge in [0.15, 0.2) is 0 Å². The highest BCUT2D eigenvalue weighted by molar-refractivity contribution is 5.37. The van der Waals surface area contributed by atoms with Gasteiger partial charge in [-0.15, -0.1) is 0 Å². The van der Waals surface area contributed by atoms with Crippen LogP contribution in [0.25, 0.3) is 0 Å². The molecule has 4 aliphatic rings. The molecule has 0 aromatic carbocycles. The van der Waals surface area contributed by atoms with Gasteiger partial charge in [-0.05, 0) is 43.9 Å². The zero-order valence-electron chi connectivity index (χ0n) is 20.5. The molecular weight excluding hydrogens is 656 g/mol. The Morgan fingerprint density at radius 3 is 0.814 bits per heavy atom. The lowest BCUT2D eigenvalue weighted by Crippen LogP contribution is -2.62. The van der Waals surface area contributed by atoms with E-state index in [9.17, 15) is 74.6 Å². The molecule has 4 aliphatic carbocycles. The van der Waals surface area contributed by atoms with Crippen LogP contribution in [0.2, 0.25) is 0 Å². The maximum absolute atomic E-state index is 15.3. The molecule has 0 saturated heterocycles. The molecule has 0 heterocycles. The van der Waals surface area contributed by atoms with Crippen molar-refractivity contribution in [2.75, 3.05) is 0 Å². The Morgan fingerprint density at radius 2 is 0.605 bits per heavy atom. The van der Waals surface area contributed by atoms with E-state index in [0.29, 0.717) is 0 Å². The Hall–Kier alpha value is -2.44. The van der Waals surface area contributed by atoms with E-state index in [2.05, 4.69) is 0 Å². The van der Waals surface area contributed by atoms with E-state index in [-0.39, 0.29) is 0 Å². The Kier molecular flexibility index (Phi) is 8.18. The molecule has 246 valence electrons. The molecule has 4 rings (SSSR count). The summed E-state index contributed by atoms with van der Waals surface area (Å²) in [5, 5.41) is 0. The van der Waals surface area contributed by atoms with Gasteiger partial charge in [0.1, 0.15) is 23.3 Å². The number of halogens is 20. The average Bonchev–Trinajstić information content (AvgIpc) is 2.81. The molecule has 0 aliphatic heterocycles. The van der Waals surface area contributed by atoms with Gasteiger partial charge in [0, 0.05) is 22.7 Å². The molecule has 4 fully saturated rings. The quantitative estimate of drug-likeness (QED) is 0.256. The van der Waals surface area contributed by atoms with Gasteiger partial charge in [0.2, 0.25) is 23.3 Å². The Balaban J connectivity index is 2.51. The predicted octanol–water partition coefficient (Wildman–Crippen LogP) is 11.6. The highest BCUT2D eigenvalue weighted by Gasteiger charge is 2.74. The molecule has 0 unspecified atom stereocenters. The fourth-order valence-electron chi connectivity index (χ4n) is 7.37. The highest BCUT2D eigenvalue weighted by atomic mass is 19.4. The zero-order valence-corrected chi connectivity index (χ0v) is 20.5. The van der Waals surface area contributed by atoms with Gasteiger partial charge in [-0.1, -0.05) is 0 Å². The van der Waals surface area contributed by atoms with Crippen molar-refractivity contribution in [3.8, 4) is 0 Å². The Morgan fingerprint density at radius 1 is 0.372 bits per heavy atom. The zero-order chi connectivity index (χ0) is 33.6. The second kappa shape index (κ2) is 10.0. The van der Waals surface area contributed by atoms with E-state index < -0.39 is 138 Å². The van der Waals surface area contributed by atoms with Crippen LogP contribution in [0.15, 0.2) is 46.6 Å². The fourth-order valence-corrected chi connectivity index (χ4v) is 7.37. The first-order valence-corrected chi connectivity index (χ1v) is 11.5. The molecule has 0 amide bonds. The summed E-state index contributed by atoms with van der Waals surface area (Å²) in [6.45, 7) is 0. The number of hydrogen-bond donors (Lipinski definition) is 0. The lowest BCUT2D eigenvalue weighted by atomic mass is 9.34. The predicted molar refractivity (Wildman–Crippen MR) is 103 cm³/mol. The van der Waals surface area contributed by atoms with Crippen molar-refractivity contribution >= 4 is 0 Å². The lowest BCUT2D eigenvalue weighted by molar-refractivity contribution is -0.192. The van der Waals surface area contributed by atoms with Crippen LogP contribution in [-0.2, 0) is 0 Å². The average molecular weight is 670 g/mol. The van der Waals surface area contributed by atoms with E-state index >= 15 is 13.2 Å². The first-order valence-electron chi connectivity index (χ1n) is 11.5. The van der Waals surface area contributed by atoms with Gasteiger partial charge in [-0.25, -0.2) is 17.6 Å². The van der Waals surface area contributed by atoms with Crippen molar-refractivity contribution in [3.63, 3.8) is 0 Å². The van der Waals surface area contributed by atoms with Crippen molar-refractivity contribution < 1.29 is 87.8 Å². The minimum absolute atomic E-state index is 1.67. The summed E-state index contributed by atoms with van der Waals surface area (Å²) < 4.78 is 273. The van der Waals surface area contributed by atoms with Crippen LogP contribution in [0, 0.1) is 21.7 Å². The molecule has 0 aromatic heterocycles. The maximum Gasteiger partial charge on any atom is 0.445 e. The Labute approximate surface area is 226 Å². The summed E-state index contributed by atoms with van der Waals surface area (Å²) in [6.07, 6.45) is -38.1. The standard InChI is InChI=1S/C23H14F20/c24-8(9(25)20(32,33)34)1-16-2-17(10(26)13(29)21(35,36)37)5-18(3-16,11(27)14(30)22(38,39)40)7-19(4-16,6-17)12(28)15(31)23(41,42)43/h1-7H2/b9-8+,13-10+,14-11+,15-12+. The number of allylic oxidation sites excluding steroid dienone is 8. The summed E-state index contributed by atoms with van der Waals surface area (Å²) >= 11 is 0. The van der Waals surface area contributed by atoms with Crippen LogP contribution >= 0.6 is 0 Å². The highest BCUT2D eigenvalue weighted by Crippen LogP contribution is 2.80. The second-order valence-corrected chi connectivity index (χ2v) is 11.2. The minimum atomic E-state index is -6.33. The third-order valence-electron chi connectivity index (χ3n) is 7.91. The molecule has 0 aromatic rings. The van der Waals surface area contributed by atoms with Gasteiger partial charge in [0.05, 0.1) is 0 Å². The third kappa shape index (κ3) is 5.99.